The summed E-state index contributed by atoms with van der Waals surface area (Å²) >= 11 is 0. The highest BCUT2D eigenvalue weighted by molar-refractivity contribution is 5.77. The Bertz CT molecular complexity index is 469. The lowest BCUT2D eigenvalue weighted by molar-refractivity contribution is -0.122. The van der Waals surface area contributed by atoms with Gasteiger partial charge in [0.15, 0.2) is 6.61 Å². The van der Waals surface area contributed by atoms with E-state index in [9.17, 15) is 9.18 Å². The van der Waals surface area contributed by atoms with Crippen molar-refractivity contribution in [1.29, 1.82) is 5.26 Å². The van der Waals surface area contributed by atoms with Crippen LogP contribution in [0.4, 0.5) is 4.39 Å². The molecule has 0 bridgehead atoms. The molecule has 1 aromatic carbocycles. The fourth-order valence-corrected chi connectivity index (χ4v) is 1.34. The number of hydrogen-bond donors (Lipinski definition) is 2. The number of amides is 1. The number of hydrogen-bond acceptors (Lipinski definition) is 4. The molecule has 0 spiro atoms. The summed E-state index contributed by atoms with van der Waals surface area (Å²) in [4.78, 5) is 11.2. The van der Waals surface area contributed by atoms with E-state index >= 15 is 0 Å². The van der Waals surface area contributed by atoms with Crippen LogP contribution in [-0.2, 0) is 4.79 Å². The number of ether oxygens (including phenoxy) is 1. The van der Waals surface area contributed by atoms with Crippen LogP contribution in [0.3, 0.4) is 0 Å². The normalized spacial score (nSPS) is 11.4. The van der Waals surface area contributed by atoms with E-state index in [1.807, 2.05) is 0 Å². The molecular weight excluding hydrogens is 237 g/mol. The minimum Gasteiger partial charge on any atom is -0.483 e. The second-order valence-corrected chi connectivity index (χ2v) is 3.69. The fraction of sp³-hybridized carbons (Fsp3) is 0.333. The fourth-order valence-electron chi connectivity index (χ4n) is 1.34. The zero-order chi connectivity index (χ0) is 13.5. The SMILES string of the molecule is CC(N)c1ccc(F)cc1OCC(=O)NCC#N. The molecule has 1 unspecified atom stereocenters. The molecule has 0 saturated carbocycles. The van der Waals surface area contributed by atoms with Gasteiger partial charge in [-0.05, 0) is 13.0 Å². The Labute approximate surface area is 104 Å². The van der Waals surface area contributed by atoms with Gasteiger partial charge >= 0.3 is 0 Å². The molecule has 3 N–H and O–H groups in total. The summed E-state index contributed by atoms with van der Waals surface area (Å²) < 4.78 is 18.3. The molecule has 1 rings (SSSR count). The Kier molecular flexibility index (Phi) is 5.08. The molecule has 0 radical (unpaired) electrons. The van der Waals surface area contributed by atoms with Crippen molar-refractivity contribution in [2.75, 3.05) is 13.2 Å². The summed E-state index contributed by atoms with van der Waals surface area (Å²) in [6.07, 6.45) is 0. The Morgan fingerprint density at radius 2 is 2.39 bits per heavy atom. The maximum Gasteiger partial charge on any atom is 0.258 e. The molecule has 0 aliphatic rings. The molecule has 5 nitrogen and oxygen atoms in total. The Morgan fingerprint density at radius 1 is 1.67 bits per heavy atom. The van der Waals surface area contributed by atoms with Crippen molar-refractivity contribution in [3.05, 3.63) is 29.6 Å². The molecule has 0 saturated heterocycles. The van der Waals surface area contributed by atoms with Crippen LogP contribution in [-0.4, -0.2) is 19.1 Å². The zero-order valence-corrected chi connectivity index (χ0v) is 9.94. The number of carbonyl (C=O) groups excluding carboxylic acids is 1. The second-order valence-electron chi connectivity index (χ2n) is 3.69. The van der Waals surface area contributed by atoms with E-state index in [4.69, 9.17) is 15.7 Å². The quantitative estimate of drug-likeness (QED) is 0.760. The number of halogens is 1. The summed E-state index contributed by atoms with van der Waals surface area (Å²) in [6.45, 7) is 1.35. The van der Waals surface area contributed by atoms with Gasteiger partial charge in [0.2, 0.25) is 0 Å². The van der Waals surface area contributed by atoms with Gasteiger partial charge in [0, 0.05) is 17.7 Å². The summed E-state index contributed by atoms with van der Waals surface area (Å²) in [6, 6.07) is 5.41. The maximum atomic E-state index is 13.1. The maximum absolute atomic E-state index is 13.1. The third kappa shape index (κ3) is 4.03. The molecule has 6 heteroatoms. The van der Waals surface area contributed by atoms with E-state index in [0.29, 0.717) is 5.56 Å². The summed E-state index contributed by atoms with van der Waals surface area (Å²) in [5.41, 5.74) is 6.32. The van der Waals surface area contributed by atoms with Gasteiger partial charge in [0.1, 0.15) is 18.1 Å². The van der Waals surface area contributed by atoms with E-state index < -0.39 is 11.7 Å². The number of rotatable bonds is 5. The number of benzene rings is 1. The van der Waals surface area contributed by atoms with Crippen LogP contribution >= 0.6 is 0 Å². The monoisotopic (exact) mass is 251 g/mol. The third-order valence-electron chi connectivity index (χ3n) is 2.19. The zero-order valence-electron chi connectivity index (χ0n) is 9.94. The standard InChI is InChI=1S/C12H14FN3O2/c1-8(15)10-3-2-9(13)6-11(10)18-7-12(17)16-5-4-14/h2-3,6,8H,5,7,15H2,1H3,(H,16,17). The van der Waals surface area contributed by atoms with E-state index in [0.717, 1.165) is 0 Å². The Morgan fingerprint density at radius 3 is 3.00 bits per heavy atom. The lowest BCUT2D eigenvalue weighted by atomic mass is 10.1. The minimum atomic E-state index is -0.466. The second kappa shape index (κ2) is 6.57. The number of nitrogens with two attached hydrogens (primary N) is 1. The largest absolute Gasteiger partial charge is 0.483 e. The van der Waals surface area contributed by atoms with Crippen LogP contribution in [0, 0.1) is 17.1 Å². The van der Waals surface area contributed by atoms with Crippen LogP contribution in [0.2, 0.25) is 0 Å². The third-order valence-corrected chi connectivity index (χ3v) is 2.19. The molecule has 1 amide bonds. The van der Waals surface area contributed by atoms with Crippen LogP contribution in [0.5, 0.6) is 5.75 Å². The van der Waals surface area contributed by atoms with E-state index in [2.05, 4.69) is 5.32 Å². The van der Waals surface area contributed by atoms with Crippen molar-refractivity contribution in [3.8, 4) is 11.8 Å². The van der Waals surface area contributed by atoms with Gasteiger partial charge in [-0.15, -0.1) is 0 Å². The van der Waals surface area contributed by atoms with Crippen molar-refractivity contribution < 1.29 is 13.9 Å². The smallest absolute Gasteiger partial charge is 0.258 e. The molecule has 0 aliphatic carbocycles. The molecule has 18 heavy (non-hydrogen) atoms. The molecular formula is C12H14FN3O2. The molecule has 0 heterocycles. The molecule has 1 aromatic rings. The molecule has 96 valence electrons. The van der Waals surface area contributed by atoms with Gasteiger partial charge in [-0.2, -0.15) is 5.26 Å². The molecule has 0 aliphatic heterocycles. The van der Waals surface area contributed by atoms with E-state index in [1.54, 1.807) is 13.0 Å². The van der Waals surface area contributed by atoms with Gasteiger partial charge in [0.25, 0.3) is 5.91 Å². The highest BCUT2D eigenvalue weighted by Gasteiger charge is 2.11. The topological polar surface area (TPSA) is 88.1 Å². The van der Waals surface area contributed by atoms with Crippen molar-refractivity contribution in [2.45, 2.75) is 13.0 Å². The lowest BCUT2D eigenvalue weighted by Crippen LogP contribution is -2.29. The average molecular weight is 251 g/mol. The molecule has 0 fully saturated rings. The predicted octanol–water partition coefficient (Wildman–Crippen LogP) is 0.864. The highest BCUT2D eigenvalue weighted by atomic mass is 19.1. The van der Waals surface area contributed by atoms with Crippen molar-refractivity contribution in [3.63, 3.8) is 0 Å². The lowest BCUT2D eigenvalue weighted by Gasteiger charge is -2.13. The molecule has 1 atom stereocenters. The Hall–Kier alpha value is -2.13. The predicted molar refractivity (Wildman–Crippen MR) is 63.1 cm³/mol. The van der Waals surface area contributed by atoms with Gasteiger partial charge in [0.05, 0.1) is 6.07 Å². The van der Waals surface area contributed by atoms with Crippen molar-refractivity contribution in [2.24, 2.45) is 5.73 Å². The van der Waals surface area contributed by atoms with Gasteiger partial charge in [-0.1, -0.05) is 6.07 Å². The summed E-state index contributed by atoms with van der Waals surface area (Å²) in [5.74, 6) is -0.680. The highest BCUT2D eigenvalue weighted by Crippen LogP contribution is 2.24. The van der Waals surface area contributed by atoms with Crippen LogP contribution < -0.4 is 15.8 Å². The first-order chi connectivity index (χ1) is 8.54. The first-order valence-electron chi connectivity index (χ1n) is 5.36. The first kappa shape index (κ1) is 13.9. The van der Waals surface area contributed by atoms with Crippen LogP contribution in [0.1, 0.15) is 18.5 Å². The van der Waals surface area contributed by atoms with Crippen LogP contribution in [0.15, 0.2) is 18.2 Å². The van der Waals surface area contributed by atoms with E-state index in [-0.39, 0.29) is 24.9 Å². The number of nitriles is 1. The Balaban J connectivity index is 2.69. The number of nitrogens with zero attached hydrogens (tertiary/aromatic N) is 1. The first-order valence-corrected chi connectivity index (χ1v) is 5.36. The minimum absolute atomic E-state index is 0.0918. The van der Waals surface area contributed by atoms with E-state index in [1.165, 1.54) is 18.2 Å². The van der Waals surface area contributed by atoms with Crippen molar-refractivity contribution in [1.82, 2.24) is 5.32 Å². The average Bonchev–Trinajstić information content (AvgIpc) is 2.33. The summed E-state index contributed by atoms with van der Waals surface area (Å²) in [7, 11) is 0. The van der Waals surface area contributed by atoms with Crippen molar-refractivity contribution >= 4 is 5.91 Å². The van der Waals surface area contributed by atoms with Crippen LogP contribution in [0.25, 0.3) is 0 Å². The van der Waals surface area contributed by atoms with Gasteiger partial charge < -0.3 is 15.8 Å². The van der Waals surface area contributed by atoms with Gasteiger partial charge in [-0.25, -0.2) is 4.39 Å². The summed E-state index contributed by atoms with van der Waals surface area (Å²) in [5, 5.41) is 10.6. The molecule has 0 aromatic heterocycles. The number of carbonyl (C=O) groups is 1. The van der Waals surface area contributed by atoms with Gasteiger partial charge in [-0.3, -0.25) is 4.79 Å². The number of nitrogens with one attached hydrogen (secondary N) is 1.